The Balaban J connectivity index is 2.12. The van der Waals surface area contributed by atoms with Crippen molar-refractivity contribution < 1.29 is 5.11 Å². The summed E-state index contributed by atoms with van der Waals surface area (Å²) in [5.41, 5.74) is 3.78. The highest BCUT2D eigenvalue weighted by atomic mass is 32.1. The number of rotatable bonds is 3. The fraction of sp³-hybridized carbons (Fsp3) is 0.308. The average molecular weight is 248 g/mol. The number of phenols is 1. The molecule has 1 heterocycles. The quantitative estimate of drug-likeness (QED) is 0.875. The summed E-state index contributed by atoms with van der Waals surface area (Å²) in [5.74, 6) is 0.365. The Morgan fingerprint density at radius 2 is 2.06 bits per heavy atom. The molecule has 0 saturated carbocycles. The summed E-state index contributed by atoms with van der Waals surface area (Å²) in [6.45, 7) is 6.50. The number of aromatic nitrogens is 1. The van der Waals surface area contributed by atoms with Crippen LogP contribution in [0.15, 0.2) is 17.5 Å². The Morgan fingerprint density at radius 1 is 1.29 bits per heavy atom. The first-order valence-corrected chi connectivity index (χ1v) is 6.40. The molecule has 1 aromatic heterocycles. The van der Waals surface area contributed by atoms with Gasteiger partial charge in [-0.3, -0.25) is 0 Å². The number of hydrogen-bond donors (Lipinski definition) is 2. The van der Waals surface area contributed by atoms with Gasteiger partial charge in [0.1, 0.15) is 5.75 Å². The molecule has 17 heavy (non-hydrogen) atoms. The van der Waals surface area contributed by atoms with Crippen LogP contribution in [0.2, 0.25) is 0 Å². The van der Waals surface area contributed by atoms with Crippen molar-refractivity contribution in [1.82, 2.24) is 4.98 Å². The number of aryl methyl sites for hydroxylation is 2. The van der Waals surface area contributed by atoms with Crippen LogP contribution < -0.4 is 5.32 Å². The fourth-order valence-corrected chi connectivity index (χ4v) is 2.31. The van der Waals surface area contributed by atoms with Gasteiger partial charge >= 0.3 is 0 Å². The fourth-order valence-electron chi connectivity index (χ4n) is 1.70. The van der Waals surface area contributed by atoms with Crippen molar-refractivity contribution in [2.45, 2.75) is 27.3 Å². The first kappa shape index (κ1) is 11.9. The van der Waals surface area contributed by atoms with Gasteiger partial charge in [0, 0.05) is 16.6 Å². The van der Waals surface area contributed by atoms with E-state index in [1.807, 2.05) is 38.3 Å². The molecule has 1 aromatic carbocycles. The first-order chi connectivity index (χ1) is 8.08. The van der Waals surface area contributed by atoms with Gasteiger partial charge in [-0.1, -0.05) is 6.07 Å². The number of phenolic OH excluding ortho intramolecular Hbond substituents is 1. The number of thiazole rings is 1. The van der Waals surface area contributed by atoms with E-state index in [9.17, 15) is 5.11 Å². The van der Waals surface area contributed by atoms with Crippen LogP contribution in [-0.4, -0.2) is 10.1 Å². The minimum absolute atomic E-state index is 0.365. The predicted molar refractivity (Wildman–Crippen MR) is 71.8 cm³/mol. The molecule has 2 rings (SSSR count). The van der Waals surface area contributed by atoms with Crippen molar-refractivity contribution in [1.29, 1.82) is 0 Å². The van der Waals surface area contributed by atoms with Gasteiger partial charge in [-0.15, -0.1) is 11.3 Å². The molecule has 0 aliphatic carbocycles. The third-order valence-corrected chi connectivity index (χ3v) is 3.58. The Bertz CT molecular complexity index is 534. The highest BCUT2D eigenvalue weighted by Crippen LogP contribution is 2.28. The molecule has 0 atom stereocenters. The molecule has 0 aliphatic heterocycles. The van der Waals surface area contributed by atoms with Gasteiger partial charge in [-0.25, -0.2) is 4.98 Å². The highest BCUT2D eigenvalue weighted by Gasteiger charge is 2.06. The van der Waals surface area contributed by atoms with Crippen molar-refractivity contribution >= 4 is 17.0 Å². The second-order valence-electron chi connectivity index (χ2n) is 4.12. The predicted octanol–water partition coefficient (Wildman–Crippen LogP) is 3.39. The van der Waals surface area contributed by atoms with Crippen LogP contribution >= 0.6 is 11.3 Å². The maximum absolute atomic E-state index is 9.83. The lowest BCUT2D eigenvalue weighted by Crippen LogP contribution is -2.01. The Kier molecular flexibility index (Phi) is 3.33. The monoisotopic (exact) mass is 248 g/mol. The lowest BCUT2D eigenvalue weighted by Gasteiger charge is -2.11. The lowest BCUT2D eigenvalue weighted by molar-refractivity contribution is 0.467. The number of hydrogen-bond acceptors (Lipinski definition) is 4. The maximum atomic E-state index is 9.83. The molecule has 0 radical (unpaired) electrons. The minimum Gasteiger partial charge on any atom is -0.507 e. The Labute approximate surface area is 105 Å². The molecule has 2 N–H and O–H groups in total. The number of anilines is 1. The molecule has 0 amide bonds. The van der Waals surface area contributed by atoms with Crippen LogP contribution in [0.25, 0.3) is 0 Å². The summed E-state index contributed by atoms with van der Waals surface area (Å²) in [5, 5.41) is 16.3. The van der Waals surface area contributed by atoms with Crippen molar-refractivity contribution in [2.24, 2.45) is 0 Å². The van der Waals surface area contributed by atoms with Gasteiger partial charge in [0.2, 0.25) is 0 Å². The van der Waals surface area contributed by atoms with Gasteiger partial charge in [0.25, 0.3) is 0 Å². The molecular weight excluding hydrogens is 232 g/mol. The third-order valence-electron chi connectivity index (χ3n) is 2.76. The zero-order chi connectivity index (χ0) is 12.4. The summed E-state index contributed by atoms with van der Waals surface area (Å²) in [6.07, 6.45) is 0. The van der Waals surface area contributed by atoms with Gasteiger partial charge < -0.3 is 10.4 Å². The molecule has 4 heteroatoms. The number of benzene rings is 1. The molecule has 0 spiro atoms. The smallest absolute Gasteiger partial charge is 0.123 e. The van der Waals surface area contributed by atoms with E-state index >= 15 is 0 Å². The zero-order valence-corrected chi connectivity index (χ0v) is 11.1. The first-order valence-electron chi connectivity index (χ1n) is 5.52. The molecule has 0 saturated heterocycles. The van der Waals surface area contributed by atoms with E-state index in [0.29, 0.717) is 12.3 Å². The average Bonchev–Trinajstić information content (AvgIpc) is 2.71. The second kappa shape index (κ2) is 4.75. The van der Waals surface area contributed by atoms with Crippen molar-refractivity contribution in [3.63, 3.8) is 0 Å². The Hall–Kier alpha value is -1.55. The van der Waals surface area contributed by atoms with Gasteiger partial charge in [-0.2, -0.15) is 0 Å². The largest absolute Gasteiger partial charge is 0.507 e. The molecule has 2 aromatic rings. The summed E-state index contributed by atoms with van der Waals surface area (Å²) >= 11 is 1.65. The highest BCUT2D eigenvalue weighted by molar-refractivity contribution is 7.09. The van der Waals surface area contributed by atoms with Crippen LogP contribution in [0.3, 0.4) is 0 Å². The van der Waals surface area contributed by atoms with E-state index in [4.69, 9.17) is 0 Å². The second-order valence-corrected chi connectivity index (χ2v) is 5.18. The molecule has 0 fully saturated rings. The zero-order valence-electron chi connectivity index (χ0n) is 10.2. The van der Waals surface area contributed by atoms with Crippen LogP contribution in [0, 0.1) is 20.8 Å². The van der Waals surface area contributed by atoms with Crippen LogP contribution in [0.4, 0.5) is 5.69 Å². The van der Waals surface area contributed by atoms with E-state index in [0.717, 1.165) is 27.5 Å². The van der Waals surface area contributed by atoms with Crippen LogP contribution in [0.5, 0.6) is 5.75 Å². The SMILES string of the molecule is Cc1nc(CNc2ccc(C)c(O)c2C)cs1. The number of nitrogens with zero attached hydrogens (tertiary/aromatic N) is 1. The molecule has 0 bridgehead atoms. The van der Waals surface area contributed by atoms with Gasteiger partial charge in [-0.05, 0) is 32.4 Å². The van der Waals surface area contributed by atoms with Crippen molar-refractivity contribution in [3.05, 3.63) is 39.3 Å². The van der Waals surface area contributed by atoms with Crippen molar-refractivity contribution in [3.8, 4) is 5.75 Å². The van der Waals surface area contributed by atoms with E-state index in [1.165, 1.54) is 0 Å². The Morgan fingerprint density at radius 3 is 2.71 bits per heavy atom. The van der Waals surface area contributed by atoms with E-state index in [2.05, 4.69) is 10.3 Å². The number of aromatic hydroxyl groups is 1. The van der Waals surface area contributed by atoms with E-state index < -0.39 is 0 Å². The minimum atomic E-state index is 0.365. The van der Waals surface area contributed by atoms with Crippen LogP contribution in [0.1, 0.15) is 21.8 Å². The van der Waals surface area contributed by atoms with Gasteiger partial charge in [0.05, 0.1) is 17.2 Å². The maximum Gasteiger partial charge on any atom is 0.123 e. The standard InChI is InChI=1S/C13H16N2OS/c1-8-4-5-12(9(2)13(8)16)14-6-11-7-17-10(3)15-11/h4-5,7,14,16H,6H2,1-3H3. The van der Waals surface area contributed by atoms with Crippen molar-refractivity contribution in [2.75, 3.05) is 5.32 Å². The molecule has 0 aliphatic rings. The summed E-state index contributed by atoms with van der Waals surface area (Å²) in [7, 11) is 0. The summed E-state index contributed by atoms with van der Waals surface area (Å²) in [4.78, 5) is 4.39. The molecule has 0 unspecified atom stereocenters. The summed E-state index contributed by atoms with van der Waals surface area (Å²) in [6, 6.07) is 3.90. The third kappa shape index (κ3) is 2.58. The van der Waals surface area contributed by atoms with Crippen LogP contribution in [-0.2, 0) is 6.54 Å². The number of nitrogens with one attached hydrogen (secondary N) is 1. The van der Waals surface area contributed by atoms with E-state index in [1.54, 1.807) is 11.3 Å². The molecule has 3 nitrogen and oxygen atoms in total. The summed E-state index contributed by atoms with van der Waals surface area (Å²) < 4.78 is 0. The lowest BCUT2D eigenvalue weighted by atomic mass is 10.1. The normalized spacial score (nSPS) is 10.5. The van der Waals surface area contributed by atoms with E-state index in [-0.39, 0.29) is 0 Å². The molecule has 90 valence electrons. The molecular formula is C13H16N2OS. The van der Waals surface area contributed by atoms with Gasteiger partial charge in [0.15, 0.2) is 0 Å². The topological polar surface area (TPSA) is 45.2 Å².